The molecule has 1 fully saturated rings. The van der Waals surface area contributed by atoms with Crippen molar-refractivity contribution in [3.63, 3.8) is 0 Å². The van der Waals surface area contributed by atoms with Crippen LogP contribution in [-0.4, -0.2) is 41.1 Å². The van der Waals surface area contributed by atoms with Crippen LogP contribution in [0.4, 0.5) is 0 Å². The minimum atomic E-state index is -0.271. The molecule has 1 amide bonds. The fourth-order valence-corrected chi connectivity index (χ4v) is 1.72. The van der Waals surface area contributed by atoms with Crippen molar-refractivity contribution in [3.8, 4) is 0 Å². The van der Waals surface area contributed by atoms with Gasteiger partial charge in [-0.2, -0.15) is 0 Å². The highest BCUT2D eigenvalue weighted by atomic mass is 16.3. The molecule has 0 saturated carbocycles. The second kappa shape index (κ2) is 4.58. The Kier molecular flexibility index (Phi) is 3.69. The molecular weight excluding hydrogens is 168 g/mol. The van der Waals surface area contributed by atoms with E-state index in [-0.39, 0.29) is 12.0 Å². The summed E-state index contributed by atoms with van der Waals surface area (Å²) < 4.78 is 0. The lowest BCUT2D eigenvalue weighted by atomic mass is 10.0. The van der Waals surface area contributed by atoms with Gasteiger partial charge in [0.25, 0.3) is 0 Å². The number of amides is 1. The number of piperidine rings is 1. The van der Waals surface area contributed by atoms with Gasteiger partial charge in [0.05, 0.1) is 6.10 Å². The van der Waals surface area contributed by atoms with Crippen LogP contribution in [0.5, 0.6) is 0 Å². The molecule has 0 aliphatic carbocycles. The molecule has 0 aromatic carbocycles. The third kappa shape index (κ3) is 3.32. The average molecular weight is 186 g/mol. The van der Waals surface area contributed by atoms with Gasteiger partial charge in [-0.25, -0.2) is 0 Å². The minimum Gasteiger partial charge on any atom is -0.392 e. The molecule has 1 aliphatic rings. The first-order valence-electron chi connectivity index (χ1n) is 4.80. The van der Waals surface area contributed by atoms with E-state index in [2.05, 4.69) is 11.8 Å². The molecule has 0 aromatic rings. The van der Waals surface area contributed by atoms with Crippen LogP contribution < -0.4 is 5.73 Å². The van der Waals surface area contributed by atoms with E-state index in [0.717, 1.165) is 12.8 Å². The van der Waals surface area contributed by atoms with Gasteiger partial charge in [0.15, 0.2) is 0 Å². The van der Waals surface area contributed by atoms with Crippen LogP contribution in [-0.2, 0) is 4.79 Å². The van der Waals surface area contributed by atoms with Gasteiger partial charge in [0.2, 0.25) is 5.91 Å². The summed E-state index contributed by atoms with van der Waals surface area (Å²) >= 11 is 0. The van der Waals surface area contributed by atoms with Crippen molar-refractivity contribution < 1.29 is 9.90 Å². The van der Waals surface area contributed by atoms with Crippen LogP contribution in [0.15, 0.2) is 0 Å². The number of nitrogens with zero attached hydrogens (tertiary/aromatic N) is 1. The third-order valence-electron chi connectivity index (χ3n) is 2.63. The van der Waals surface area contributed by atoms with Crippen LogP contribution in [0.1, 0.15) is 26.2 Å². The van der Waals surface area contributed by atoms with Crippen molar-refractivity contribution in [2.45, 2.75) is 38.3 Å². The van der Waals surface area contributed by atoms with Gasteiger partial charge in [-0.3, -0.25) is 9.69 Å². The van der Waals surface area contributed by atoms with Gasteiger partial charge < -0.3 is 10.8 Å². The number of primary amides is 1. The van der Waals surface area contributed by atoms with Gasteiger partial charge in [-0.15, -0.1) is 0 Å². The maximum Gasteiger partial charge on any atom is 0.218 e. The summed E-state index contributed by atoms with van der Waals surface area (Å²) in [5.74, 6) is -0.271. The van der Waals surface area contributed by atoms with E-state index < -0.39 is 0 Å². The van der Waals surface area contributed by atoms with Gasteiger partial charge >= 0.3 is 0 Å². The number of carbonyl (C=O) groups is 1. The predicted molar refractivity (Wildman–Crippen MR) is 50.1 cm³/mol. The molecule has 1 heterocycles. The van der Waals surface area contributed by atoms with Gasteiger partial charge in [-0.05, 0) is 19.8 Å². The molecule has 13 heavy (non-hydrogen) atoms. The third-order valence-corrected chi connectivity index (χ3v) is 2.63. The standard InChI is InChI=1S/C9H18N2O2/c1-7-2-3-8(12)6-11(7)5-4-9(10)13/h7-8,12H,2-6H2,1H3,(H2,10,13)/t7-,8-/m1/s1. The lowest BCUT2D eigenvalue weighted by Gasteiger charge is -2.35. The highest BCUT2D eigenvalue weighted by Crippen LogP contribution is 2.16. The predicted octanol–water partition coefficient (Wildman–Crippen LogP) is -0.293. The summed E-state index contributed by atoms with van der Waals surface area (Å²) in [5.41, 5.74) is 5.06. The molecule has 0 bridgehead atoms. The number of rotatable bonds is 3. The zero-order valence-electron chi connectivity index (χ0n) is 8.07. The number of β-amino-alcohol motifs (C(OH)–C–C–N with tert-alkyl or cyclic N) is 1. The molecule has 3 N–H and O–H groups in total. The minimum absolute atomic E-state index is 0.232. The van der Waals surface area contributed by atoms with Crippen LogP contribution in [0.2, 0.25) is 0 Å². The molecule has 1 rings (SSSR count). The Morgan fingerprint density at radius 2 is 2.31 bits per heavy atom. The molecule has 0 aromatic heterocycles. The van der Waals surface area contributed by atoms with Crippen LogP contribution in [0, 0.1) is 0 Å². The Labute approximate surface area is 78.7 Å². The van der Waals surface area contributed by atoms with E-state index in [1.807, 2.05) is 0 Å². The summed E-state index contributed by atoms with van der Waals surface area (Å²) in [6, 6.07) is 0.461. The average Bonchev–Trinajstić information content (AvgIpc) is 2.06. The number of likely N-dealkylation sites (tertiary alicyclic amines) is 1. The van der Waals surface area contributed by atoms with E-state index >= 15 is 0 Å². The molecular formula is C9H18N2O2. The Hall–Kier alpha value is -0.610. The lowest BCUT2D eigenvalue weighted by molar-refractivity contribution is -0.118. The van der Waals surface area contributed by atoms with E-state index in [4.69, 9.17) is 5.73 Å². The highest BCUT2D eigenvalue weighted by Gasteiger charge is 2.23. The lowest BCUT2D eigenvalue weighted by Crippen LogP contribution is -2.45. The fourth-order valence-electron chi connectivity index (χ4n) is 1.72. The van der Waals surface area contributed by atoms with E-state index in [0.29, 0.717) is 25.6 Å². The van der Waals surface area contributed by atoms with Crippen LogP contribution in [0.25, 0.3) is 0 Å². The number of hydrogen-bond acceptors (Lipinski definition) is 3. The highest BCUT2D eigenvalue weighted by molar-refractivity contribution is 5.73. The molecule has 2 atom stereocenters. The van der Waals surface area contributed by atoms with Crippen molar-refractivity contribution >= 4 is 5.91 Å². The van der Waals surface area contributed by atoms with Crippen molar-refractivity contribution in [3.05, 3.63) is 0 Å². The van der Waals surface area contributed by atoms with Crippen molar-refractivity contribution in [1.82, 2.24) is 4.90 Å². The first-order chi connectivity index (χ1) is 6.09. The Morgan fingerprint density at radius 1 is 1.62 bits per heavy atom. The van der Waals surface area contributed by atoms with E-state index in [9.17, 15) is 9.90 Å². The van der Waals surface area contributed by atoms with Crippen LogP contribution >= 0.6 is 0 Å². The smallest absolute Gasteiger partial charge is 0.218 e. The maximum atomic E-state index is 10.6. The Bertz CT molecular complexity index is 184. The zero-order valence-corrected chi connectivity index (χ0v) is 8.07. The second-order valence-electron chi connectivity index (χ2n) is 3.79. The number of carbonyl (C=O) groups excluding carboxylic acids is 1. The zero-order chi connectivity index (χ0) is 9.84. The van der Waals surface area contributed by atoms with Gasteiger partial charge in [-0.1, -0.05) is 0 Å². The summed E-state index contributed by atoms with van der Waals surface area (Å²) in [6.07, 6.45) is 2.02. The van der Waals surface area contributed by atoms with Crippen LogP contribution in [0.3, 0.4) is 0 Å². The molecule has 1 aliphatic heterocycles. The normalized spacial score (nSPS) is 30.3. The number of aliphatic hydroxyl groups excluding tert-OH is 1. The molecule has 1 saturated heterocycles. The summed E-state index contributed by atoms with van der Waals surface area (Å²) in [6.45, 7) is 3.47. The van der Waals surface area contributed by atoms with Crippen molar-refractivity contribution in [2.24, 2.45) is 5.73 Å². The SMILES string of the molecule is C[C@@H]1CC[C@@H](O)CN1CCC(N)=O. The summed E-state index contributed by atoms with van der Waals surface area (Å²) in [5, 5.41) is 9.40. The van der Waals surface area contributed by atoms with Gasteiger partial charge in [0.1, 0.15) is 0 Å². The summed E-state index contributed by atoms with van der Waals surface area (Å²) in [7, 11) is 0. The first-order valence-corrected chi connectivity index (χ1v) is 4.80. The quantitative estimate of drug-likeness (QED) is 0.636. The topological polar surface area (TPSA) is 66.6 Å². The van der Waals surface area contributed by atoms with Crippen molar-refractivity contribution in [2.75, 3.05) is 13.1 Å². The largest absolute Gasteiger partial charge is 0.392 e. The second-order valence-corrected chi connectivity index (χ2v) is 3.79. The molecule has 0 unspecified atom stereocenters. The first kappa shape index (κ1) is 10.5. The Morgan fingerprint density at radius 3 is 2.92 bits per heavy atom. The van der Waals surface area contributed by atoms with E-state index in [1.54, 1.807) is 0 Å². The monoisotopic (exact) mass is 186 g/mol. The number of aliphatic hydroxyl groups is 1. The maximum absolute atomic E-state index is 10.6. The molecule has 76 valence electrons. The molecule has 4 nitrogen and oxygen atoms in total. The number of nitrogens with two attached hydrogens (primary N) is 1. The Balaban J connectivity index is 2.33. The molecule has 0 radical (unpaired) electrons. The van der Waals surface area contributed by atoms with E-state index in [1.165, 1.54) is 0 Å². The fraction of sp³-hybridized carbons (Fsp3) is 0.889. The van der Waals surface area contributed by atoms with Gasteiger partial charge in [0, 0.05) is 25.6 Å². The molecule has 0 spiro atoms. The van der Waals surface area contributed by atoms with Crippen molar-refractivity contribution in [1.29, 1.82) is 0 Å². The summed E-state index contributed by atoms with van der Waals surface area (Å²) in [4.78, 5) is 12.7. The molecule has 4 heteroatoms. The number of hydrogen-bond donors (Lipinski definition) is 2.